The lowest BCUT2D eigenvalue weighted by molar-refractivity contribution is 0.0647. The number of hydrogen-bond acceptors (Lipinski definition) is 7. The summed E-state index contributed by atoms with van der Waals surface area (Å²) in [6, 6.07) is 21.5. The number of benzene rings is 1. The van der Waals surface area contributed by atoms with E-state index in [1.165, 1.54) is 95.0 Å². The minimum Gasteiger partial charge on any atom is -0.493 e. The van der Waals surface area contributed by atoms with Crippen LogP contribution in [0.25, 0.3) is 30.1 Å². The number of carbonyl (C=O) groups excluding carboxylic acids is 2. The lowest BCUT2D eigenvalue weighted by Gasteiger charge is -2.24. The number of nitrogens with zero attached hydrogens (tertiary/aromatic N) is 1. The van der Waals surface area contributed by atoms with Crippen molar-refractivity contribution in [2.45, 2.75) is 168 Å². The molecule has 8 heteroatoms. The monoisotopic (exact) mass is 933 g/mol. The minimum absolute atomic E-state index is 0.143. The standard InChI is InChI=1S/C57H75NO4S3/c1-9-12-15-18-19-21-25-41(4)40-61-43-29-27-42(28-30-43)26-24-39-58-54(59)50-51(55(58)60)53(57(7,8)38-22-17-14-11-3)62-52(50)48-34-33-45(64-48)44-31-32-46(63-44)47-35-36-49(65-47)56(5,6)37-23-20-16-13-10-2/h10-11,27-36,41H,2-3,9,12-26,37-40H2,1,4-8H3. The Hall–Kier alpha value is -3.98. The van der Waals surface area contributed by atoms with Crippen molar-refractivity contribution >= 4 is 45.8 Å². The van der Waals surface area contributed by atoms with Gasteiger partial charge in [-0.15, -0.1) is 47.2 Å². The predicted octanol–water partition coefficient (Wildman–Crippen LogP) is 17.9. The molecule has 0 saturated heterocycles. The van der Waals surface area contributed by atoms with Gasteiger partial charge in [0.15, 0.2) is 5.76 Å². The molecule has 65 heavy (non-hydrogen) atoms. The number of unbranched alkanes of at least 4 members (excludes halogenated alkanes) is 10. The van der Waals surface area contributed by atoms with Crippen LogP contribution in [0.4, 0.5) is 0 Å². The first kappa shape index (κ1) is 50.4. The smallest absolute Gasteiger partial charge is 0.265 e. The summed E-state index contributed by atoms with van der Waals surface area (Å²) in [4.78, 5) is 37.4. The summed E-state index contributed by atoms with van der Waals surface area (Å²) in [5, 5.41) is 0. The molecule has 1 aliphatic heterocycles. The van der Waals surface area contributed by atoms with Gasteiger partial charge in [-0.25, -0.2) is 0 Å². The summed E-state index contributed by atoms with van der Waals surface area (Å²) in [6.07, 6.45) is 24.3. The van der Waals surface area contributed by atoms with Crippen LogP contribution in [0.1, 0.15) is 188 Å². The molecule has 0 saturated carbocycles. The van der Waals surface area contributed by atoms with Gasteiger partial charge in [0.1, 0.15) is 17.1 Å². The van der Waals surface area contributed by atoms with Gasteiger partial charge < -0.3 is 9.15 Å². The Kier molecular flexibility index (Phi) is 18.7. The van der Waals surface area contributed by atoms with E-state index >= 15 is 0 Å². The summed E-state index contributed by atoms with van der Waals surface area (Å²) < 4.78 is 12.9. The van der Waals surface area contributed by atoms with Crippen LogP contribution < -0.4 is 4.74 Å². The van der Waals surface area contributed by atoms with Gasteiger partial charge in [-0.2, -0.15) is 0 Å². The van der Waals surface area contributed by atoms with Gasteiger partial charge in [0.05, 0.1) is 17.0 Å². The van der Waals surface area contributed by atoms with Crippen molar-refractivity contribution in [2.24, 2.45) is 5.92 Å². The molecule has 0 aliphatic carbocycles. The number of hydrogen-bond donors (Lipinski definition) is 0. The minimum atomic E-state index is -0.437. The second-order valence-corrected chi connectivity index (χ2v) is 22.9. The first-order valence-electron chi connectivity index (χ1n) is 24.6. The summed E-state index contributed by atoms with van der Waals surface area (Å²) >= 11 is 5.34. The Morgan fingerprint density at radius 1 is 0.646 bits per heavy atom. The van der Waals surface area contributed by atoms with E-state index in [1.54, 1.807) is 22.7 Å². The van der Waals surface area contributed by atoms with Crippen LogP contribution in [-0.4, -0.2) is 29.9 Å². The van der Waals surface area contributed by atoms with Crippen LogP contribution >= 0.6 is 34.0 Å². The molecule has 6 rings (SSSR count). The van der Waals surface area contributed by atoms with Crippen molar-refractivity contribution in [3.63, 3.8) is 0 Å². The zero-order chi connectivity index (χ0) is 46.4. The Bertz CT molecular complexity index is 2300. The molecule has 5 heterocycles. The van der Waals surface area contributed by atoms with E-state index in [1.807, 2.05) is 35.6 Å². The molecule has 0 fully saturated rings. The molecular weight excluding hydrogens is 859 g/mol. The van der Waals surface area contributed by atoms with E-state index < -0.39 is 5.41 Å². The van der Waals surface area contributed by atoms with E-state index in [0.29, 0.717) is 41.5 Å². The Morgan fingerprint density at radius 2 is 1.20 bits per heavy atom. The molecule has 1 aromatic carbocycles. The van der Waals surface area contributed by atoms with Crippen LogP contribution in [0, 0.1) is 5.92 Å². The van der Waals surface area contributed by atoms with E-state index in [9.17, 15) is 9.59 Å². The molecule has 0 bridgehead atoms. The summed E-state index contributed by atoms with van der Waals surface area (Å²) in [6.45, 7) is 22.4. The fourth-order valence-electron chi connectivity index (χ4n) is 9.00. The number of imide groups is 1. The third-order valence-corrected chi connectivity index (χ3v) is 17.2. The lowest BCUT2D eigenvalue weighted by atomic mass is 9.82. The molecule has 5 aromatic rings. The van der Waals surface area contributed by atoms with Gasteiger partial charge >= 0.3 is 0 Å². The lowest BCUT2D eigenvalue weighted by Crippen LogP contribution is -2.32. The van der Waals surface area contributed by atoms with Crippen molar-refractivity contribution in [3.05, 3.63) is 113 Å². The highest BCUT2D eigenvalue weighted by Gasteiger charge is 2.46. The number of fused-ring (bicyclic) bond motifs is 1. The second kappa shape index (κ2) is 24.2. The average molecular weight is 934 g/mol. The number of amides is 2. The van der Waals surface area contributed by atoms with Crippen LogP contribution in [0.5, 0.6) is 5.75 Å². The maximum Gasteiger partial charge on any atom is 0.265 e. The van der Waals surface area contributed by atoms with Crippen LogP contribution in [0.15, 0.2) is 90.4 Å². The molecule has 5 nitrogen and oxygen atoms in total. The zero-order valence-corrected chi connectivity index (χ0v) is 42.8. The first-order valence-corrected chi connectivity index (χ1v) is 27.1. The molecule has 1 aliphatic rings. The number of furan rings is 1. The highest BCUT2D eigenvalue weighted by Crippen LogP contribution is 2.48. The summed E-state index contributed by atoms with van der Waals surface area (Å²) in [5.74, 6) is 2.08. The third kappa shape index (κ3) is 13.4. The summed E-state index contributed by atoms with van der Waals surface area (Å²) in [5.41, 5.74) is 1.74. The Morgan fingerprint density at radius 3 is 1.89 bits per heavy atom. The van der Waals surface area contributed by atoms with Crippen LogP contribution in [-0.2, 0) is 17.3 Å². The van der Waals surface area contributed by atoms with Crippen molar-refractivity contribution in [1.29, 1.82) is 0 Å². The number of aryl methyl sites for hydroxylation is 1. The topological polar surface area (TPSA) is 59.8 Å². The molecular formula is C57H75NO4S3. The Balaban J connectivity index is 1.12. The fourth-order valence-corrected chi connectivity index (χ4v) is 12.3. The van der Waals surface area contributed by atoms with Gasteiger partial charge in [-0.1, -0.05) is 124 Å². The zero-order valence-electron chi connectivity index (χ0n) is 40.4. The fraction of sp³-hybridized carbons (Fsp3) is 0.509. The van der Waals surface area contributed by atoms with Gasteiger partial charge in [-0.3, -0.25) is 14.5 Å². The number of carbonyl (C=O) groups is 2. The normalized spacial score (nSPS) is 13.5. The maximum absolute atomic E-state index is 14.4. The molecule has 1 atom stereocenters. The number of ether oxygens (including phenoxy) is 1. The molecule has 2 amide bonds. The van der Waals surface area contributed by atoms with E-state index in [0.717, 1.165) is 66.2 Å². The van der Waals surface area contributed by atoms with Gasteiger partial charge in [0.25, 0.3) is 11.8 Å². The van der Waals surface area contributed by atoms with Crippen LogP contribution in [0.2, 0.25) is 0 Å². The SMILES string of the molecule is C=CCCCCCC(C)(C)c1ccc(-c2ccc(-c3ccc(-c4oc(C(C)(C)CCCCC=C)c5c4C(=O)N(CCCc4ccc(OCC(C)CCCCCCCC)cc4)C5=O)s3)s2)s1. The molecule has 0 spiro atoms. The van der Waals surface area contributed by atoms with E-state index in [4.69, 9.17) is 9.15 Å². The van der Waals surface area contributed by atoms with Crippen molar-refractivity contribution in [2.75, 3.05) is 13.2 Å². The first-order chi connectivity index (χ1) is 31.4. The quantitative estimate of drug-likeness (QED) is 0.0261. The molecule has 1 unspecified atom stereocenters. The Labute approximate surface area is 403 Å². The average Bonchev–Trinajstić information content (AvgIpc) is 4.15. The number of rotatable bonds is 30. The van der Waals surface area contributed by atoms with Crippen molar-refractivity contribution < 1.29 is 18.7 Å². The number of thiophene rings is 3. The van der Waals surface area contributed by atoms with E-state index in [2.05, 4.69) is 103 Å². The van der Waals surface area contributed by atoms with E-state index in [-0.39, 0.29) is 17.2 Å². The third-order valence-electron chi connectivity index (χ3n) is 13.2. The summed E-state index contributed by atoms with van der Waals surface area (Å²) in [7, 11) is 0. The molecule has 0 N–H and O–H groups in total. The highest BCUT2D eigenvalue weighted by atomic mass is 32.1. The molecule has 0 radical (unpaired) electrons. The maximum atomic E-state index is 14.4. The van der Waals surface area contributed by atoms with Crippen molar-refractivity contribution in [1.82, 2.24) is 4.90 Å². The molecule has 4 aromatic heterocycles. The number of allylic oxidation sites excluding steroid dienone is 2. The van der Waals surface area contributed by atoms with Gasteiger partial charge in [0.2, 0.25) is 0 Å². The second-order valence-electron chi connectivity index (χ2n) is 19.7. The predicted molar refractivity (Wildman–Crippen MR) is 279 cm³/mol. The van der Waals surface area contributed by atoms with Gasteiger partial charge in [0, 0.05) is 36.3 Å². The van der Waals surface area contributed by atoms with Crippen LogP contribution in [0.3, 0.4) is 0 Å². The molecule has 350 valence electrons. The van der Waals surface area contributed by atoms with Crippen molar-refractivity contribution in [3.8, 4) is 35.9 Å². The van der Waals surface area contributed by atoms with Gasteiger partial charge in [-0.05, 0) is 123 Å². The highest BCUT2D eigenvalue weighted by molar-refractivity contribution is 7.27. The largest absolute Gasteiger partial charge is 0.493 e.